The van der Waals surface area contributed by atoms with Crippen LogP contribution in [-0.2, 0) is 31.9 Å². The Labute approximate surface area is 177 Å². The van der Waals surface area contributed by atoms with Gasteiger partial charge in [0.25, 0.3) is 0 Å². The molecule has 0 saturated heterocycles. The number of fused-ring (bicyclic) bond motifs is 1. The number of hydrogen-bond acceptors (Lipinski definition) is 6. The van der Waals surface area contributed by atoms with E-state index in [9.17, 15) is 14.4 Å². The van der Waals surface area contributed by atoms with Crippen molar-refractivity contribution in [1.29, 1.82) is 0 Å². The van der Waals surface area contributed by atoms with Gasteiger partial charge in [-0.2, -0.15) is 0 Å². The molecule has 0 unspecified atom stereocenters. The summed E-state index contributed by atoms with van der Waals surface area (Å²) in [6, 6.07) is 0. The SMILES string of the molecule is CCOC(=O)CCC(=O)Nc1sc2c(c1C(=O)OCC)CC[C@@H](C(C)(C)CC)C2. The van der Waals surface area contributed by atoms with E-state index in [1.165, 1.54) is 11.3 Å². The summed E-state index contributed by atoms with van der Waals surface area (Å²) in [7, 11) is 0. The van der Waals surface area contributed by atoms with Gasteiger partial charge in [-0.05, 0) is 50.0 Å². The maximum Gasteiger partial charge on any atom is 0.341 e. The number of amides is 1. The lowest BCUT2D eigenvalue weighted by Crippen LogP contribution is -2.28. The lowest BCUT2D eigenvalue weighted by atomic mass is 9.69. The second kappa shape index (κ2) is 10.2. The van der Waals surface area contributed by atoms with Gasteiger partial charge < -0.3 is 14.8 Å². The smallest absolute Gasteiger partial charge is 0.341 e. The summed E-state index contributed by atoms with van der Waals surface area (Å²) in [4.78, 5) is 37.7. The Bertz CT molecular complexity index is 753. The van der Waals surface area contributed by atoms with Gasteiger partial charge in [0, 0.05) is 11.3 Å². The largest absolute Gasteiger partial charge is 0.466 e. The Morgan fingerprint density at radius 2 is 1.79 bits per heavy atom. The molecule has 1 N–H and O–H groups in total. The van der Waals surface area contributed by atoms with Crippen molar-refractivity contribution in [2.75, 3.05) is 18.5 Å². The first-order valence-electron chi connectivity index (χ1n) is 10.5. The highest BCUT2D eigenvalue weighted by Crippen LogP contribution is 2.45. The van der Waals surface area contributed by atoms with Gasteiger partial charge in [-0.15, -0.1) is 11.3 Å². The van der Waals surface area contributed by atoms with Crippen molar-refractivity contribution in [3.8, 4) is 0 Å². The quantitative estimate of drug-likeness (QED) is 0.580. The fraction of sp³-hybridized carbons (Fsp3) is 0.682. The molecule has 1 aromatic heterocycles. The van der Waals surface area contributed by atoms with Crippen molar-refractivity contribution < 1.29 is 23.9 Å². The minimum Gasteiger partial charge on any atom is -0.466 e. The average Bonchev–Trinajstić information content (AvgIpc) is 3.03. The highest BCUT2D eigenvalue weighted by Gasteiger charge is 2.35. The second-order valence-electron chi connectivity index (χ2n) is 8.06. The van der Waals surface area contributed by atoms with Gasteiger partial charge in [-0.1, -0.05) is 27.2 Å². The van der Waals surface area contributed by atoms with E-state index in [4.69, 9.17) is 9.47 Å². The molecule has 7 heteroatoms. The fourth-order valence-corrected chi connectivity index (χ4v) is 5.02. The van der Waals surface area contributed by atoms with E-state index >= 15 is 0 Å². The highest BCUT2D eigenvalue weighted by atomic mass is 32.1. The molecule has 1 atom stereocenters. The molecular weight excluding hydrogens is 390 g/mol. The molecule has 0 radical (unpaired) electrons. The van der Waals surface area contributed by atoms with Crippen LogP contribution in [0.2, 0.25) is 0 Å². The van der Waals surface area contributed by atoms with Crippen LogP contribution in [0.1, 0.15) is 81.1 Å². The number of esters is 2. The monoisotopic (exact) mass is 423 g/mol. The number of thiophene rings is 1. The molecule has 0 bridgehead atoms. The van der Waals surface area contributed by atoms with Gasteiger partial charge in [-0.25, -0.2) is 4.79 Å². The van der Waals surface area contributed by atoms with Gasteiger partial charge >= 0.3 is 11.9 Å². The first-order valence-corrected chi connectivity index (χ1v) is 11.3. The number of rotatable bonds is 9. The molecule has 162 valence electrons. The van der Waals surface area contributed by atoms with Crippen LogP contribution in [0.4, 0.5) is 5.00 Å². The van der Waals surface area contributed by atoms with E-state index in [-0.39, 0.29) is 36.7 Å². The molecule has 1 aromatic rings. The third-order valence-electron chi connectivity index (χ3n) is 5.88. The van der Waals surface area contributed by atoms with E-state index in [2.05, 4.69) is 26.1 Å². The van der Waals surface area contributed by atoms with Crippen LogP contribution in [0.5, 0.6) is 0 Å². The first-order chi connectivity index (χ1) is 13.7. The molecule has 0 spiro atoms. The van der Waals surface area contributed by atoms with Gasteiger partial charge in [-0.3, -0.25) is 9.59 Å². The normalized spacial score (nSPS) is 16.1. The van der Waals surface area contributed by atoms with E-state index in [0.717, 1.165) is 36.1 Å². The summed E-state index contributed by atoms with van der Waals surface area (Å²) in [5.74, 6) is -0.545. The molecule has 0 aliphatic heterocycles. The number of anilines is 1. The van der Waals surface area contributed by atoms with Crippen LogP contribution in [0.3, 0.4) is 0 Å². The van der Waals surface area contributed by atoms with Gasteiger partial charge in [0.2, 0.25) is 5.91 Å². The third kappa shape index (κ3) is 5.81. The molecule has 6 nitrogen and oxygen atoms in total. The maximum absolute atomic E-state index is 12.6. The van der Waals surface area contributed by atoms with Crippen LogP contribution in [0.25, 0.3) is 0 Å². The number of carbonyl (C=O) groups excluding carboxylic acids is 3. The van der Waals surface area contributed by atoms with Gasteiger partial charge in [0.1, 0.15) is 5.00 Å². The molecule has 0 fully saturated rings. The van der Waals surface area contributed by atoms with E-state index in [1.54, 1.807) is 13.8 Å². The van der Waals surface area contributed by atoms with Gasteiger partial charge in [0.05, 0.1) is 25.2 Å². The lowest BCUT2D eigenvalue weighted by Gasteiger charge is -2.36. The van der Waals surface area contributed by atoms with Crippen molar-refractivity contribution in [2.24, 2.45) is 11.3 Å². The Hall–Kier alpha value is -1.89. The van der Waals surface area contributed by atoms with Crippen LogP contribution in [0.15, 0.2) is 0 Å². The summed E-state index contributed by atoms with van der Waals surface area (Å²) in [5, 5.41) is 3.38. The molecule has 1 amide bonds. The topological polar surface area (TPSA) is 81.7 Å². The van der Waals surface area contributed by atoms with Crippen LogP contribution in [0, 0.1) is 11.3 Å². The van der Waals surface area contributed by atoms with Crippen molar-refractivity contribution in [3.05, 3.63) is 16.0 Å². The number of hydrogen-bond donors (Lipinski definition) is 1. The third-order valence-corrected chi connectivity index (χ3v) is 7.05. The van der Waals surface area contributed by atoms with Crippen molar-refractivity contribution in [1.82, 2.24) is 0 Å². The van der Waals surface area contributed by atoms with Crippen molar-refractivity contribution >= 4 is 34.2 Å². The minimum atomic E-state index is -0.400. The summed E-state index contributed by atoms with van der Waals surface area (Å²) >= 11 is 1.47. The Balaban J connectivity index is 2.22. The van der Waals surface area contributed by atoms with E-state index in [0.29, 0.717) is 23.1 Å². The van der Waals surface area contributed by atoms with Crippen molar-refractivity contribution in [2.45, 2.75) is 73.1 Å². The van der Waals surface area contributed by atoms with Crippen molar-refractivity contribution in [3.63, 3.8) is 0 Å². The average molecular weight is 424 g/mol. The zero-order chi connectivity index (χ0) is 21.6. The predicted molar refractivity (Wildman–Crippen MR) is 114 cm³/mol. The van der Waals surface area contributed by atoms with E-state index < -0.39 is 5.97 Å². The second-order valence-corrected chi connectivity index (χ2v) is 9.17. The molecule has 0 saturated carbocycles. The molecule has 2 rings (SSSR count). The highest BCUT2D eigenvalue weighted by molar-refractivity contribution is 7.17. The lowest BCUT2D eigenvalue weighted by molar-refractivity contribution is -0.144. The number of ether oxygens (including phenoxy) is 2. The Kier molecular flexibility index (Phi) is 8.25. The number of carbonyl (C=O) groups is 3. The van der Waals surface area contributed by atoms with Crippen LogP contribution < -0.4 is 5.32 Å². The summed E-state index contributed by atoms with van der Waals surface area (Å²) < 4.78 is 10.1. The number of nitrogens with one attached hydrogen (secondary N) is 1. The molecule has 1 heterocycles. The fourth-order valence-electron chi connectivity index (χ4n) is 3.69. The maximum atomic E-state index is 12.6. The molecule has 29 heavy (non-hydrogen) atoms. The first kappa shape index (κ1) is 23.4. The summed E-state index contributed by atoms with van der Waals surface area (Å²) in [5.41, 5.74) is 1.73. The molecule has 1 aliphatic rings. The minimum absolute atomic E-state index is 0.0201. The summed E-state index contributed by atoms with van der Waals surface area (Å²) in [6.45, 7) is 10.9. The molecule has 0 aromatic carbocycles. The summed E-state index contributed by atoms with van der Waals surface area (Å²) in [6.07, 6.45) is 3.88. The van der Waals surface area contributed by atoms with Crippen LogP contribution >= 0.6 is 11.3 Å². The Morgan fingerprint density at radius 1 is 1.10 bits per heavy atom. The zero-order valence-electron chi connectivity index (χ0n) is 18.2. The standard InChI is InChI=1S/C22H33NO5S/c1-6-22(4,5)14-9-10-15-16(13-14)29-20(19(15)21(26)28-8-3)23-17(24)11-12-18(25)27-7-2/h14H,6-13H2,1-5H3,(H,23,24)/t14-/m1/s1. The molecule has 1 aliphatic carbocycles. The zero-order valence-corrected chi connectivity index (χ0v) is 19.0. The molecular formula is C22H33NO5S. The van der Waals surface area contributed by atoms with Crippen LogP contribution in [-0.4, -0.2) is 31.1 Å². The van der Waals surface area contributed by atoms with Gasteiger partial charge in [0.15, 0.2) is 0 Å². The Morgan fingerprint density at radius 3 is 2.41 bits per heavy atom. The predicted octanol–water partition coefficient (Wildman–Crippen LogP) is 4.75. The van der Waals surface area contributed by atoms with E-state index in [1.807, 2.05) is 0 Å².